The highest BCUT2D eigenvalue weighted by molar-refractivity contribution is 5.66. The van der Waals surface area contributed by atoms with Crippen molar-refractivity contribution in [1.29, 1.82) is 0 Å². The molecule has 6 nitrogen and oxygen atoms in total. The second kappa shape index (κ2) is 5.66. The second-order valence-electron chi connectivity index (χ2n) is 4.77. The monoisotopic (exact) mass is 253 g/mol. The highest BCUT2D eigenvalue weighted by atomic mass is 16.4. The number of carbonyl (C=O) groups is 1. The van der Waals surface area contributed by atoms with Gasteiger partial charge in [0.1, 0.15) is 0 Å². The molecule has 0 aliphatic carbocycles. The van der Waals surface area contributed by atoms with Gasteiger partial charge in [-0.2, -0.15) is 0 Å². The van der Waals surface area contributed by atoms with E-state index >= 15 is 0 Å². The molecule has 100 valence electrons. The van der Waals surface area contributed by atoms with Crippen molar-refractivity contribution in [2.75, 3.05) is 5.32 Å². The summed E-state index contributed by atoms with van der Waals surface area (Å²) in [5, 5.41) is 11.7. The first-order valence-corrected chi connectivity index (χ1v) is 5.91. The van der Waals surface area contributed by atoms with Gasteiger partial charge in [0.2, 0.25) is 0 Å². The van der Waals surface area contributed by atoms with Crippen LogP contribution in [0.25, 0.3) is 0 Å². The van der Waals surface area contributed by atoms with Crippen molar-refractivity contribution in [3.05, 3.63) is 22.7 Å². The Morgan fingerprint density at radius 2 is 2.22 bits per heavy atom. The molecule has 18 heavy (non-hydrogen) atoms. The minimum atomic E-state index is -0.850. The molecule has 0 bridgehead atoms. The maximum absolute atomic E-state index is 11.9. The second-order valence-corrected chi connectivity index (χ2v) is 4.77. The van der Waals surface area contributed by atoms with Gasteiger partial charge in [0.05, 0.1) is 0 Å². The maximum atomic E-state index is 11.9. The lowest BCUT2D eigenvalue weighted by molar-refractivity contribution is -0.137. The molecule has 0 saturated carbocycles. The van der Waals surface area contributed by atoms with E-state index in [1.54, 1.807) is 17.0 Å². The number of aliphatic carboxylic acids is 1. The van der Waals surface area contributed by atoms with Crippen molar-refractivity contribution in [2.45, 2.75) is 45.7 Å². The van der Waals surface area contributed by atoms with Crippen molar-refractivity contribution in [2.24, 2.45) is 0 Å². The number of rotatable bonds is 6. The molecule has 0 atom stereocenters. The van der Waals surface area contributed by atoms with Gasteiger partial charge in [-0.3, -0.25) is 9.59 Å². The predicted molar refractivity (Wildman–Crippen MR) is 68.7 cm³/mol. The summed E-state index contributed by atoms with van der Waals surface area (Å²) in [6, 6.07) is 0. The summed E-state index contributed by atoms with van der Waals surface area (Å²) in [5.74, 6) is -0.591. The SMILES string of the molecule is CCn1ccnc(NC(C)(C)CCC(=O)O)c1=O. The zero-order valence-electron chi connectivity index (χ0n) is 10.9. The smallest absolute Gasteiger partial charge is 0.303 e. The Morgan fingerprint density at radius 1 is 1.56 bits per heavy atom. The number of anilines is 1. The molecule has 0 aliphatic heterocycles. The van der Waals surface area contributed by atoms with E-state index < -0.39 is 11.5 Å². The van der Waals surface area contributed by atoms with Gasteiger partial charge in [0.15, 0.2) is 5.82 Å². The van der Waals surface area contributed by atoms with Crippen molar-refractivity contribution in [3.63, 3.8) is 0 Å². The van der Waals surface area contributed by atoms with E-state index in [1.807, 2.05) is 20.8 Å². The Hall–Kier alpha value is -1.85. The number of hydrogen-bond acceptors (Lipinski definition) is 4. The molecule has 0 unspecified atom stereocenters. The zero-order valence-corrected chi connectivity index (χ0v) is 10.9. The number of aromatic nitrogens is 2. The van der Waals surface area contributed by atoms with Gasteiger partial charge in [0, 0.05) is 30.9 Å². The van der Waals surface area contributed by atoms with Crippen molar-refractivity contribution in [3.8, 4) is 0 Å². The van der Waals surface area contributed by atoms with Gasteiger partial charge >= 0.3 is 5.97 Å². The quantitative estimate of drug-likeness (QED) is 0.798. The normalized spacial score (nSPS) is 11.3. The Labute approximate surface area is 106 Å². The summed E-state index contributed by atoms with van der Waals surface area (Å²) in [6.45, 7) is 6.15. The van der Waals surface area contributed by atoms with E-state index in [2.05, 4.69) is 10.3 Å². The van der Waals surface area contributed by atoms with E-state index in [0.717, 1.165) is 0 Å². The number of nitrogens with zero attached hydrogens (tertiary/aromatic N) is 2. The molecule has 1 aromatic heterocycles. The van der Waals surface area contributed by atoms with Crippen LogP contribution in [0.1, 0.15) is 33.6 Å². The van der Waals surface area contributed by atoms with Crippen LogP contribution in [0.15, 0.2) is 17.2 Å². The third-order valence-electron chi connectivity index (χ3n) is 2.68. The summed E-state index contributed by atoms with van der Waals surface area (Å²) in [5.41, 5.74) is -0.680. The standard InChI is InChI=1S/C12H19N3O3/c1-4-15-8-7-13-10(11(15)18)14-12(2,3)6-5-9(16)17/h7-8H,4-6H2,1-3H3,(H,13,14)(H,16,17). The molecule has 1 aromatic rings. The lowest BCUT2D eigenvalue weighted by Gasteiger charge is -2.26. The topological polar surface area (TPSA) is 84.2 Å². The molecule has 0 fully saturated rings. The van der Waals surface area contributed by atoms with E-state index in [9.17, 15) is 9.59 Å². The minimum Gasteiger partial charge on any atom is -0.481 e. The first-order chi connectivity index (χ1) is 8.35. The van der Waals surface area contributed by atoms with Gasteiger partial charge in [0.25, 0.3) is 5.56 Å². The average molecular weight is 253 g/mol. The van der Waals surface area contributed by atoms with Crippen LogP contribution in [0, 0.1) is 0 Å². The molecule has 0 aliphatic rings. The molecule has 0 aromatic carbocycles. The Balaban J connectivity index is 2.83. The molecule has 1 rings (SSSR count). The molecular formula is C12H19N3O3. The van der Waals surface area contributed by atoms with Gasteiger partial charge in [-0.25, -0.2) is 4.98 Å². The average Bonchev–Trinajstić information content (AvgIpc) is 2.29. The van der Waals surface area contributed by atoms with Crippen molar-refractivity contribution in [1.82, 2.24) is 9.55 Å². The molecule has 0 spiro atoms. The molecular weight excluding hydrogens is 234 g/mol. The largest absolute Gasteiger partial charge is 0.481 e. The number of aryl methyl sites for hydroxylation is 1. The van der Waals surface area contributed by atoms with Crippen molar-refractivity contribution >= 4 is 11.8 Å². The summed E-state index contributed by atoms with van der Waals surface area (Å²) in [4.78, 5) is 26.5. The maximum Gasteiger partial charge on any atom is 0.303 e. The van der Waals surface area contributed by atoms with Crippen LogP contribution in [-0.2, 0) is 11.3 Å². The highest BCUT2D eigenvalue weighted by Gasteiger charge is 2.21. The first-order valence-electron chi connectivity index (χ1n) is 5.91. The predicted octanol–water partition coefficient (Wildman–Crippen LogP) is 1.32. The van der Waals surface area contributed by atoms with E-state index in [-0.39, 0.29) is 17.8 Å². The van der Waals surface area contributed by atoms with Crippen LogP contribution >= 0.6 is 0 Å². The van der Waals surface area contributed by atoms with Crippen LogP contribution in [0.5, 0.6) is 0 Å². The van der Waals surface area contributed by atoms with Crippen LogP contribution in [0.3, 0.4) is 0 Å². The molecule has 1 heterocycles. The lowest BCUT2D eigenvalue weighted by atomic mass is 9.98. The Kier molecular flexibility index (Phi) is 4.47. The molecule has 0 saturated heterocycles. The summed E-state index contributed by atoms with van der Waals surface area (Å²) < 4.78 is 1.54. The first kappa shape index (κ1) is 14.2. The van der Waals surface area contributed by atoms with Crippen LogP contribution in [-0.4, -0.2) is 26.2 Å². The van der Waals surface area contributed by atoms with Gasteiger partial charge < -0.3 is 15.0 Å². The van der Waals surface area contributed by atoms with E-state index in [4.69, 9.17) is 5.11 Å². The minimum absolute atomic E-state index is 0.0504. The summed E-state index contributed by atoms with van der Waals surface area (Å²) in [6.07, 6.45) is 3.65. The number of carboxylic acids is 1. The third kappa shape index (κ3) is 3.87. The highest BCUT2D eigenvalue weighted by Crippen LogP contribution is 2.15. The lowest BCUT2D eigenvalue weighted by Crippen LogP contribution is -2.36. The van der Waals surface area contributed by atoms with Gasteiger partial charge in [-0.15, -0.1) is 0 Å². The number of hydrogen-bond donors (Lipinski definition) is 2. The number of nitrogens with one attached hydrogen (secondary N) is 1. The summed E-state index contributed by atoms with van der Waals surface area (Å²) >= 11 is 0. The van der Waals surface area contributed by atoms with Crippen molar-refractivity contribution < 1.29 is 9.90 Å². The fourth-order valence-corrected chi connectivity index (χ4v) is 1.58. The van der Waals surface area contributed by atoms with Gasteiger partial charge in [-0.1, -0.05) is 0 Å². The third-order valence-corrected chi connectivity index (χ3v) is 2.68. The summed E-state index contributed by atoms with van der Waals surface area (Å²) in [7, 11) is 0. The molecule has 0 radical (unpaired) electrons. The molecule has 2 N–H and O–H groups in total. The van der Waals surface area contributed by atoms with Crippen LogP contribution < -0.4 is 10.9 Å². The molecule has 0 amide bonds. The van der Waals surface area contributed by atoms with Gasteiger partial charge in [-0.05, 0) is 27.2 Å². The van der Waals surface area contributed by atoms with Crippen LogP contribution in [0.2, 0.25) is 0 Å². The van der Waals surface area contributed by atoms with E-state index in [1.165, 1.54) is 0 Å². The number of carboxylic acid groups (broad SMARTS) is 1. The fraction of sp³-hybridized carbons (Fsp3) is 0.583. The van der Waals surface area contributed by atoms with E-state index in [0.29, 0.717) is 13.0 Å². The Bertz CT molecular complexity index is 480. The van der Waals surface area contributed by atoms with Crippen LogP contribution in [0.4, 0.5) is 5.82 Å². The fourth-order valence-electron chi connectivity index (χ4n) is 1.58. The molecule has 6 heteroatoms. The Morgan fingerprint density at radius 3 is 2.78 bits per heavy atom. The zero-order chi connectivity index (χ0) is 13.8.